The number of carbonyl (C=O) groups excluding carboxylic acids is 4. The van der Waals surface area contributed by atoms with Gasteiger partial charge in [-0.2, -0.15) is 0 Å². The minimum atomic E-state index is -1.14. The van der Waals surface area contributed by atoms with Crippen molar-refractivity contribution in [3.05, 3.63) is 59.2 Å². The first-order valence-electron chi connectivity index (χ1n) is 8.95. The monoisotopic (exact) mass is 394 g/mol. The van der Waals surface area contributed by atoms with Crippen molar-refractivity contribution in [2.45, 2.75) is 18.6 Å². The number of methoxy groups -OCH3 is 2. The van der Waals surface area contributed by atoms with Crippen molar-refractivity contribution in [3.8, 4) is 11.5 Å². The Morgan fingerprint density at radius 2 is 1.62 bits per heavy atom. The highest BCUT2D eigenvalue weighted by molar-refractivity contribution is 6.23. The summed E-state index contributed by atoms with van der Waals surface area (Å²) in [5.74, 6) is -0.480. The van der Waals surface area contributed by atoms with Gasteiger partial charge < -0.3 is 19.2 Å². The van der Waals surface area contributed by atoms with Crippen LogP contribution >= 0.6 is 0 Å². The van der Waals surface area contributed by atoms with Crippen molar-refractivity contribution < 1.29 is 28.7 Å². The van der Waals surface area contributed by atoms with Gasteiger partial charge >= 0.3 is 0 Å². The lowest BCUT2D eigenvalue weighted by Gasteiger charge is -2.47. The second-order valence-corrected chi connectivity index (χ2v) is 6.74. The van der Waals surface area contributed by atoms with E-state index in [0.717, 1.165) is 4.90 Å². The van der Waals surface area contributed by atoms with Crippen LogP contribution < -0.4 is 9.47 Å². The second-order valence-electron chi connectivity index (χ2n) is 6.74. The third kappa shape index (κ3) is 2.75. The van der Waals surface area contributed by atoms with Crippen molar-refractivity contribution in [3.63, 3.8) is 0 Å². The minimum absolute atomic E-state index is 0.106. The van der Waals surface area contributed by atoms with Crippen LogP contribution in [0.3, 0.4) is 0 Å². The van der Waals surface area contributed by atoms with E-state index in [-0.39, 0.29) is 17.7 Å². The van der Waals surface area contributed by atoms with Gasteiger partial charge in [-0.1, -0.05) is 12.1 Å². The molecule has 1 saturated heterocycles. The molecule has 0 radical (unpaired) electrons. The van der Waals surface area contributed by atoms with Crippen LogP contribution in [0.2, 0.25) is 0 Å². The number of benzene rings is 2. The standard InChI is InChI=1S/C21H18N2O6/c1-28-13-8-7-12(17(9-13)29-2)10-22-16(11-24)18(21(22)27)23-19(25)14-5-3-4-6-15(14)20(23)26/h3-9,11,16,18H,10H2,1-2H3/t16-,18+/m1/s1. The fraction of sp³-hybridized carbons (Fsp3) is 0.238. The number of aldehydes is 1. The smallest absolute Gasteiger partial charge is 0.262 e. The minimum Gasteiger partial charge on any atom is -0.497 e. The number of likely N-dealkylation sites (tertiary alicyclic amines) is 1. The quantitative estimate of drug-likeness (QED) is 0.416. The molecule has 0 aliphatic carbocycles. The second kappa shape index (κ2) is 7.05. The zero-order valence-electron chi connectivity index (χ0n) is 15.8. The molecule has 8 heteroatoms. The molecule has 0 aromatic heterocycles. The summed E-state index contributed by atoms with van der Waals surface area (Å²) in [6.45, 7) is 0.106. The van der Waals surface area contributed by atoms with E-state index in [1.807, 2.05) is 0 Å². The number of β-lactam (4-membered cyclic amide) rings is 1. The number of rotatable bonds is 6. The Morgan fingerprint density at radius 1 is 0.966 bits per heavy atom. The Balaban J connectivity index is 1.59. The van der Waals surface area contributed by atoms with Crippen LogP contribution in [-0.2, 0) is 16.1 Å². The predicted octanol–water partition coefficient (Wildman–Crippen LogP) is 1.28. The molecule has 29 heavy (non-hydrogen) atoms. The summed E-state index contributed by atoms with van der Waals surface area (Å²) in [6.07, 6.45) is 0.589. The van der Waals surface area contributed by atoms with Gasteiger partial charge in [0.25, 0.3) is 11.8 Å². The lowest BCUT2D eigenvalue weighted by molar-refractivity contribution is -0.159. The van der Waals surface area contributed by atoms with Crippen molar-refractivity contribution in [1.29, 1.82) is 0 Å². The Labute approximate surface area is 166 Å². The van der Waals surface area contributed by atoms with Gasteiger partial charge in [0.05, 0.1) is 31.9 Å². The Hall–Kier alpha value is -3.68. The SMILES string of the molecule is COc1ccc(CN2C(=O)[C@@H](N3C(=O)c4ccccc4C3=O)[C@H]2C=O)c(OC)c1. The van der Waals surface area contributed by atoms with Gasteiger partial charge in [-0.3, -0.25) is 19.3 Å². The fourth-order valence-corrected chi connectivity index (χ4v) is 3.77. The largest absolute Gasteiger partial charge is 0.497 e. The number of amides is 3. The molecule has 8 nitrogen and oxygen atoms in total. The number of nitrogens with zero attached hydrogens (tertiary/aromatic N) is 2. The summed E-state index contributed by atoms with van der Waals surface area (Å²) < 4.78 is 10.5. The van der Waals surface area contributed by atoms with Crippen molar-refractivity contribution in [2.75, 3.05) is 14.2 Å². The summed E-state index contributed by atoms with van der Waals surface area (Å²) in [6, 6.07) is 9.45. The number of imide groups is 1. The van der Waals surface area contributed by atoms with Gasteiger partial charge in [0.1, 0.15) is 29.9 Å². The highest BCUT2D eigenvalue weighted by Gasteiger charge is 2.56. The maximum Gasteiger partial charge on any atom is 0.262 e. The van der Waals surface area contributed by atoms with Crippen molar-refractivity contribution >= 4 is 24.0 Å². The van der Waals surface area contributed by atoms with Gasteiger partial charge in [0.2, 0.25) is 5.91 Å². The molecule has 0 N–H and O–H groups in total. The van der Waals surface area contributed by atoms with Gasteiger partial charge in [0.15, 0.2) is 0 Å². The maximum absolute atomic E-state index is 12.8. The van der Waals surface area contributed by atoms with E-state index >= 15 is 0 Å². The summed E-state index contributed by atoms with van der Waals surface area (Å²) in [4.78, 5) is 52.1. The number of hydrogen-bond acceptors (Lipinski definition) is 6. The average molecular weight is 394 g/mol. The first-order chi connectivity index (χ1) is 14.0. The molecule has 2 aromatic carbocycles. The molecule has 2 heterocycles. The van der Waals surface area contributed by atoms with Crippen LogP contribution in [0.1, 0.15) is 26.3 Å². The van der Waals surface area contributed by atoms with E-state index in [1.54, 1.807) is 30.3 Å². The third-order valence-electron chi connectivity index (χ3n) is 5.30. The van der Waals surface area contributed by atoms with Crippen molar-refractivity contribution in [1.82, 2.24) is 9.80 Å². The van der Waals surface area contributed by atoms with E-state index in [4.69, 9.17) is 9.47 Å². The molecule has 1 fully saturated rings. The third-order valence-corrected chi connectivity index (χ3v) is 5.30. The van der Waals surface area contributed by atoms with Gasteiger partial charge in [-0.25, -0.2) is 0 Å². The van der Waals surface area contributed by atoms with Crippen LogP contribution in [0.5, 0.6) is 11.5 Å². The van der Waals surface area contributed by atoms with Crippen LogP contribution in [0.25, 0.3) is 0 Å². The summed E-state index contributed by atoms with van der Waals surface area (Å²) >= 11 is 0. The van der Waals surface area contributed by atoms with Crippen LogP contribution in [-0.4, -0.2) is 60.1 Å². The van der Waals surface area contributed by atoms with Crippen LogP contribution in [0.4, 0.5) is 0 Å². The number of ether oxygens (including phenoxy) is 2. The lowest BCUT2D eigenvalue weighted by atomic mass is 9.93. The van der Waals surface area contributed by atoms with Gasteiger partial charge in [-0.05, 0) is 24.3 Å². The molecule has 0 bridgehead atoms. The van der Waals surface area contributed by atoms with Crippen LogP contribution in [0, 0.1) is 0 Å². The summed E-state index contributed by atoms with van der Waals surface area (Å²) in [5.41, 5.74) is 1.16. The highest BCUT2D eigenvalue weighted by Crippen LogP contribution is 2.34. The van der Waals surface area contributed by atoms with Crippen molar-refractivity contribution in [2.24, 2.45) is 0 Å². The van der Waals surface area contributed by atoms with Gasteiger partial charge in [0, 0.05) is 11.6 Å². The molecule has 148 valence electrons. The summed E-state index contributed by atoms with van der Waals surface area (Å²) in [7, 11) is 3.03. The molecule has 2 aromatic rings. The first kappa shape index (κ1) is 18.7. The topological polar surface area (TPSA) is 93.2 Å². The molecule has 0 spiro atoms. The normalized spacial score (nSPS) is 20.4. The lowest BCUT2D eigenvalue weighted by Crippen LogP contribution is -2.71. The maximum atomic E-state index is 12.8. The molecular formula is C21H18N2O6. The summed E-state index contributed by atoms with van der Waals surface area (Å²) in [5, 5.41) is 0. The molecule has 2 atom stereocenters. The van der Waals surface area contributed by atoms with E-state index < -0.39 is 29.8 Å². The Morgan fingerprint density at radius 3 is 2.17 bits per heavy atom. The molecule has 2 aliphatic heterocycles. The van der Waals surface area contributed by atoms with E-state index in [1.165, 1.54) is 31.3 Å². The fourth-order valence-electron chi connectivity index (χ4n) is 3.77. The molecular weight excluding hydrogens is 376 g/mol. The molecule has 3 amide bonds. The van der Waals surface area contributed by atoms with Gasteiger partial charge in [-0.15, -0.1) is 0 Å². The average Bonchev–Trinajstić information content (AvgIpc) is 3.00. The van der Waals surface area contributed by atoms with E-state index in [9.17, 15) is 19.2 Å². The highest BCUT2D eigenvalue weighted by atomic mass is 16.5. The predicted molar refractivity (Wildman–Crippen MR) is 101 cm³/mol. The first-order valence-corrected chi connectivity index (χ1v) is 8.95. The zero-order valence-corrected chi connectivity index (χ0v) is 15.8. The van der Waals surface area contributed by atoms with E-state index in [0.29, 0.717) is 23.3 Å². The Bertz CT molecular complexity index is 999. The molecule has 0 unspecified atom stereocenters. The number of carbonyl (C=O) groups is 4. The number of hydrogen-bond donors (Lipinski definition) is 0. The van der Waals surface area contributed by atoms with E-state index in [2.05, 4.69) is 0 Å². The molecule has 0 saturated carbocycles. The molecule has 2 aliphatic rings. The zero-order chi connectivity index (χ0) is 20.7. The molecule has 4 rings (SSSR count). The Kier molecular flexibility index (Phi) is 4.54. The number of fused-ring (bicyclic) bond motifs is 1. The van der Waals surface area contributed by atoms with Crippen LogP contribution in [0.15, 0.2) is 42.5 Å².